The molecule has 17 heavy (non-hydrogen) atoms. The van der Waals surface area contributed by atoms with Gasteiger partial charge >= 0.3 is 0 Å². The van der Waals surface area contributed by atoms with Crippen LogP contribution in [0.25, 0.3) is 0 Å². The fourth-order valence-electron chi connectivity index (χ4n) is 2.63. The molecule has 1 aliphatic carbocycles. The van der Waals surface area contributed by atoms with E-state index < -0.39 is 0 Å². The van der Waals surface area contributed by atoms with Crippen molar-refractivity contribution in [3.05, 3.63) is 0 Å². The highest BCUT2D eigenvalue weighted by Gasteiger charge is 2.39. The molecule has 1 heterocycles. The average molecular weight is 256 g/mol. The Kier molecular flexibility index (Phi) is 5.16. The quantitative estimate of drug-likeness (QED) is 0.742. The minimum atomic E-state index is 0.416. The van der Waals surface area contributed by atoms with Crippen molar-refractivity contribution in [1.82, 2.24) is 5.32 Å². The molecule has 1 saturated carbocycles. The summed E-state index contributed by atoms with van der Waals surface area (Å²) in [7, 11) is 1.76. The van der Waals surface area contributed by atoms with Crippen LogP contribution in [0.1, 0.15) is 44.9 Å². The zero-order valence-corrected chi connectivity index (χ0v) is 11.7. The van der Waals surface area contributed by atoms with Crippen LogP contribution in [0, 0.1) is 0 Å². The van der Waals surface area contributed by atoms with Gasteiger partial charge in [-0.3, -0.25) is 4.99 Å². The standard InChI is InChI=1S/C13H24N2OS/c1-16-10-6-2-5-9-14-12-15-13(11-17-12)7-3-4-8-13/h2-11H2,1H3,(H,14,15). The van der Waals surface area contributed by atoms with Gasteiger partial charge in [-0.05, 0) is 32.1 Å². The first kappa shape index (κ1) is 13.2. The maximum absolute atomic E-state index is 5.03. The molecule has 1 saturated heterocycles. The van der Waals surface area contributed by atoms with E-state index in [9.17, 15) is 0 Å². The molecule has 4 heteroatoms. The zero-order chi connectivity index (χ0) is 12.0. The summed E-state index contributed by atoms with van der Waals surface area (Å²) in [4.78, 5) is 4.67. The predicted molar refractivity (Wildman–Crippen MR) is 74.8 cm³/mol. The van der Waals surface area contributed by atoms with E-state index in [1.54, 1.807) is 7.11 Å². The average Bonchev–Trinajstić information content (AvgIpc) is 2.95. The lowest BCUT2D eigenvalue weighted by molar-refractivity contribution is 0.192. The molecule has 0 radical (unpaired) electrons. The molecule has 1 spiro atoms. The highest BCUT2D eigenvalue weighted by atomic mass is 32.2. The second-order valence-electron chi connectivity index (χ2n) is 5.14. The molecular formula is C13H24N2OS. The summed E-state index contributed by atoms with van der Waals surface area (Å²) in [6.07, 6.45) is 9.02. The van der Waals surface area contributed by atoms with Gasteiger partial charge in [0.2, 0.25) is 0 Å². The number of rotatable bonds is 6. The van der Waals surface area contributed by atoms with Gasteiger partial charge in [-0.15, -0.1) is 0 Å². The van der Waals surface area contributed by atoms with Crippen molar-refractivity contribution in [3.8, 4) is 0 Å². The number of nitrogens with one attached hydrogen (secondary N) is 1. The Hall–Kier alpha value is -0.220. The number of ether oxygens (including phenoxy) is 1. The van der Waals surface area contributed by atoms with E-state index in [-0.39, 0.29) is 0 Å². The second kappa shape index (κ2) is 6.64. The molecule has 2 fully saturated rings. The first-order valence-electron chi connectivity index (χ1n) is 6.79. The van der Waals surface area contributed by atoms with Crippen molar-refractivity contribution in [2.24, 2.45) is 4.99 Å². The van der Waals surface area contributed by atoms with Crippen molar-refractivity contribution < 1.29 is 4.74 Å². The van der Waals surface area contributed by atoms with Crippen LogP contribution in [-0.4, -0.2) is 36.7 Å². The molecule has 1 aliphatic heterocycles. The number of aliphatic imine (C=N–C) groups is 1. The van der Waals surface area contributed by atoms with Crippen LogP contribution in [0.2, 0.25) is 0 Å². The van der Waals surface area contributed by atoms with Crippen LogP contribution in [0.4, 0.5) is 0 Å². The topological polar surface area (TPSA) is 33.6 Å². The maximum atomic E-state index is 5.03. The molecule has 0 aromatic carbocycles. The van der Waals surface area contributed by atoms with Crippen LogP contribution in [0.15, 0.2) is 4.99 Å². The fourth-order valence-corrected chi connectivity index (χ4v) is 3.87. The smallest absolute Gasteiger partial charge is 0.157 e. The van der Waals surface area contributed by atoms with E-state index >= 15 is 0 Å². The summed E-state index contributed by atoms with van der Waals surface area (Å²) in [5.41, 5.74) is 0.416. The van der Waals surface area contributed by atoms with E-state index in [4.69, 9.17) is 4.74 Å². The Morgan fingerprint density at radius 3 is 2.88 bits per heavy atom. The van der Waals surface area contributed by atoms with Crippen molar-refractivity contribution in [3.63, 3.8) is 0 Å². The van der Waals surface area contributed by atoms with Gasteiger partial charge in [0.05, 0.1) is 0 Å². The molecule has 0 atom stereocenters. The highest BCUT2D eigenvalue weighted by Crippen LogP contribution is 2.37. The van der Waals surface area contributed by atoms with E-state index in [2.05, 4.69) is 10.3 Å². The number of hydrogen-bond acceptors (Lipinski definition) is 3. The van der Waals surface area contributed by atoms with Crippen LogP contribution in [0.3, 0.4) is 0 Å². The number of unbranched alkanes of at least 4 members (excludes halogenated alkanes) is 2. The zero-order valence-electron chi connectivity index (χ0n) is 10.8. The molecule has 0 bridgehead atoms. The van der Waals surface area contributed by atoms with Gasteiger partial charge in [0.1, 0.15) is 0 Å². The van der Waals surface area contributed by atoms with Gasteiger partial charge in [0, 0.05) is 31.6 Å². The number of amidine groups is 1. The van der Waals surface area contributed by atoms with E-state index in [0.29, 0.717) is 5.54 Å². The Labute approximate surface area is 109 Å². The molecule has 0 aromatic heterocycles. The normalized spacial score (nSPS) is 24.6. The number of hydrogen-bond donors (Lipinski definition) is 1. The minimum absolute atomic E-state index is 0.416. The highest BCUT2D eigenvalue weighted by molar-refractivity contribution is 8.14. The van der Waals surface area contributed by atoms with Gasteiger partial charge in [-0.25, -0.2) is 0 Å². The van der Waals surface area contributed by atoms with Crippen molar-refractivity contribution in [2.45, 2.75) is 50.5 Å². The fraction of sp³-hybridized carbons (Fsp3) is 0.923. The van der Waals surface area contributed by atoms with Crippen LogP contribution < -0.4 is 5.32 Å². The lowest BCUT2D eigenvalue weighted by atomic mass is 10.0. The summed E-state index contributed by atoms with van der Waals surface area (Å²) in [6.45, 7) is 1.85. The van der Waals surface area contributed by atoms with Crippen molar-refractivity contribution in [2.75, 3.05) is 26.0 Å². The summed E-state index contributed by atoms with van der Waals surface area (Å²) in [5.74, 6) is 1.23. The van der Waals surface area contributed by atoms with E-state index in [0.717, 1.165) is 19.6 Å². The first-order chi connectivity index (χ1) is 8.35. The third kappa shape index (κ3) is 3.88. The van der Waals surface area contributed by atoms with Gasteiger partial charge in [-0.1, -0.05) is 24.6 Å². The molecule has 0 aromatic rings. The first-order valence-corrected chi connectivity index (χ1v) is 7.78. The number of thioether (sulfide) groups is 1. The molecule has 98 valence electrons. The third-order valence-corrected chi connectivity index (χ3v) is 4.88. The van der Waals surface area contributed by atoms with Gasteiger partial charge in [0.25, 0.3) is 0 Å². The molecule has 3 nitrogen and oxygen atoms in total. The maximum Gasteiger partial charge on any atom is 0.157 e. The number of nitrogens with zero attached hydrogens (tertiary/aromatic N) is 1. The molecular weight excluding hydrogens is 232 g/mol. The summed E-state index contributed by atoms with van der Waals surface area (Å²) < 4.78 is 5.03. The third-order valence-electron chi connectivity index (χ3n) is 3.68. The van der Waals surface area contributed by atoms with E-state index in [1.165, 1.54) is 49.4 Å². The molecule has 0 amide bonds. The molecule has 0 unspecified atom stereocenters. The summed E-state index contributed by atoms with van der Waals surface area (Å²) in [6, 6.07) is 0. The molecule has 2 rings (SSSR count). The summed E-state index contributed by atoms with van der Waals surface area (Å²) >= 11 is 1.92. The Morgan fingerprint density at radius 1 is 1.29 bits per heavy atom. The van der Waals surface area contributed by atoms with Crippen LogP contribution in [-0.2, 0) is 4.74 Å². The Bertz CT molecular complexity index is 262. The second-order valence-corrected chi connectivity index (χ2v) is 6.11. The lowest BCUT2D eigenvalue weighted by Crippen LogP contribution is -2.40. The Morgan fingerprint density at radius 2 is 2.12 bits per heavy atom. The van der Waals surface area contributed by atoms with Gasteiger partial charge in [-0.2, -0.15) is 0 Å². The summed E-state index contributed by atoms with van der Waals surface area (Å²) in [5, 5.41) is 4.85. The van der Waals surface area contributed by atoms with Gasteiger partial charge in [0.15, 0.2) is 5.17 Å². The Balaban J connectivity index is 1.62. The van der Waals surface area contributed by atoms with Crippen molar-refractivity contribution >= 4 is 16.9 Å². The van der Waals surface area contributed by atoms with Crippen LogP contribution in [0.5, 0.6) is 0 Å². The van der Waals surface area contributed by atoms with E-state index in [1.807, 2.05) is 11.8 Å². The SMILES string of the molecule is COCCCCCN=C1NC2(CCCC2)CS1. The van der Waals surface area contributed by atoms with Gasteiger partial charge < -0.3 is 10.1 Å². The largest absolute Gasteiger partial charge is 0.385 e. The molecule has 1 N–H and O–H groups in total. The monoisotopic (exact) mass is 256 g/mol. The lowest BCUT2D eigenvalue weighted by Gasteiger charge is -2.21. The van der Waals surface area contributed by atoms with Crippen LogP contribution >= 0.6 is 11.8 Å². The minimum Gasteiger partial charge on any atom is -0.385 e. The molecule has 2 aliphatic rings. The number of methoxy groups -OCH3 is 1. The predicted octanol–water partition coefficient (Wildman–Crippen LogP) is 2.81. The van der Waals surface area contributed by atoms with Crippen molar-refractivity contribution in [1.29, 1.82) is 0 Å².